The summed E-state index contributed by atoms with van der Waals surface area (Å²) in [6.45, 7) is 5.69. The zero-order chi connectivity index (χ0) is 50.3. The number of amides is 7. The van der Waals surface area contributed by atoms with Crippen molar-refractivity contribution in [1.82, 2.24) is 37.2 Å². The Morgan fingerprint density at radius 1 is 0.515 bits per heavy atom. The SMILES string of the molecule is CC(C)C[C@H](NC(=O)[C@@H](NC(=O)[C@H](CCC(=O)O)NC(=O)[C@H](CCC(=O)O)NC(=O)[C@H](Cc1ccccc1)NC(=O)[C@H](CC(=O)O)NC(=O)CNC(=O)[C@@H](N)CCC(=O)O)C(C)C)C(=O)O. The largest absolute Gasteiger partial charge is 0.481 e. The third kappa shape index (κ3) is 22.4. The van der Waals surface area contributed by atoms with Gasteiger partial charge >= 0.3 is 29.8 Å². The summed E-state index contributed by atoms with van der Waals surface area (Å²) in [5.41, 5.74) is 6.04. The topological polar surface area (TPSA) is 416 Å². The molecule has 25 heteroatoms. The Labute approximate surface area is 378 Å². The van der Waals surface area contributed by atoms with Crippen LogP contribution < -0.4 is 43.0 Å². The van der Waals surface area contributed by atoms with Crippen molar-refractivity contribution < 1.29 is 83.1 Å². The fraction of sp³-hybridized carbons (Fsp3) is 0.561. The molecule has 0 unspecified atom stereocenters. The van der Waals surface area contributed by atoms with Crippen LogP contribution in [-0.2, 0) is 64.0 Å². The quantitative estimate of drug-likeness (QED) is 0.0364. The van der Waals surface area contributed by atoms with Crippen molar-refractivity contribution in [2.45, 2.75) is 128 Å². The van der Waals surface area contributed by atoms with E-state index in [1.807, 2.05) is 0 Å². The number of carbonyl (C=O) groups excluding carboxylic acids is 7. The van der Waals surface area contributed by atoms with Crippen molar-refractivity contribution in [1.29, 1.82) is 0 Å². The number of carbonyl (C=O) groups is 12. The summed E-state index contributed by atoms with van der Waals surface area (Å²) in [6.07, 6.45) is -4.69. The number of benzene rings is 1. The Hall–Kier alpha value is -7.18. The van der Waals surface area contributed by atoms with E-state index in [-0.39, 0.29) is 25.2 Å². The van der Waals surface area contributed by atoms with E-state index in [1.54, 1.807) is 44.2 Å². The van der Waals surface area contributed by atoms with Gasteiger partial charge in [-0.15, -0.1) is 0 Å². The van der Waals surface area contributed by atoms with Crippen LogP contribution in [0.3, 0.4) is 0 Å². The molecule has 7 amide bonds. The number of aliphatic carboxylic acids is 5. The van der Waals surface area contributed by atoms with Gasteiger partial charge in [0.1, 0.15) is 36.3 Å². The molecule has 0 fully saturated rings. The summed E-state index contributed by atoms with van der Waals surface area (Å²) in [5, 5.41) is 62.8. The van der Waals surface area contributed by atoms with E-state index in [1.165, 1.54) is 13.8 Å². The van der Waals surface area contributed by atoms with Gasteiger partial charge in [-0.25, -0.2) is 4.79 Å². The molecule has 1 aromatic carbocycles. The summed E-state index contributed by atoms with van der Waals surface area (Å²) in [6, 6.07) is -3.19. The first-order chi connectivity index (χ1) is 30.8. The van der Waals surface area contributed by atoms with Gasteiger partial charge in [0.15, 0.2) is 0 Å². The zero-order valence-electron chi connectivity index (χ0n) is 36.9. The third-order valence-electron chi connectivity index (χ3n) is 9.50. The molecule has 0 aromatic heterocycles. The van der Waals surface area contributed by atoms with Gasteiger partial charge in [0.05, 0.1) is 19.0 Å². The second-order valence-electron chi connectivity index (χ2n) is 16.0. The second kappa shape index (κ2) is 28.6. The van der Waals surface area contributed by atoms with Crippen molar-refractivity contribution >= 4 is 71.2 Å². The van der Waals surface area contributed by atoms with Crippen molar-refractivity contribution in [3.8, 4) is 0 Å². The number of nitrogens with one attached hydrogen (secondary N) is 7. The lowest BCUT2D eigenvalue weighted by Gasteiger charge is -2.28. The lowest BCUT2D eigenvalue weighted by molar-refractivity contribution is -0.143. The number of hydrogen-bond donors (Lipinski definition) is 13. The Balaban J connectivity index is 3.45. The van der Waals surface area contributed by atoms with Gasteiger partial charge in [-0.3, -0.25) is 52.7 Å². The van der Waals surface area contributed by atoms with Gasteiger partial charge in [-0.2, -0.15) is 0 Å². The molecule has 0 heterocycles. The van der Waals surface area contributed by atoms with Crippen LogP contribution in [-0.4, -0.2) is 146 Å². The predicted molar refractivity (Wildman–Crippen MR) is 228 cm³/mol. The van der Waals surface area contributed by atoms with Crippen LogP contribution >= 0.6 is 0 Å². The van der Waals surface area contributed by atoms with E-state index in [2.05, 4.69) is 37.2 Å². The van der Waals surface area contributed by atoms with E-state index in [9.17, 15) is 78.0 Å². The molecule has 366 valence electrons. The zero-order valence-corrected chi connectivity index (χ0v) is 36.9. The van der Waals surface area contributed by atoms with Gasteiger partial charge in [0.2, 0.25) is 41.4 Å². The molecule has 7 atom stereocenters. The molecule has 1 aromatic rings. The normalized spacial score (nSPS) is 14.1. The highest BCUT2D eigenvalue weighted by atomic mass is 16.4. The van der Waals surface area contributed by atoms with Crippen LogP contribution in [0.4, 0.5) is 0 Å². The monoisotopic (exact) mass is 936 g/mol. The van der Waals surface area contributed by atoms with E-state index >= 15 is 0 Å². The van der Waals surface area contributed by atoms with Crippen molar-refractivity contribution in [2.75, 3.05) is 6.54 Å². The smallest absolute Gasteiger partial charge is 0.326 e. The van der Waals surface area contributed by atoms with Gasteiger partial charge in [0.25, 0.3) is 0 Å². The van der Waals surface area contributed by atoms with Crippen molar-refractivity contribution in [2.24, 2.45) is 17.6 Å². The molecule has 66 heavy (non-hydrogen) atoms. The number of nitrogens with two attached hydrogens (primary N) is 1. The number of rotatable bonds is 31. The fourth-order valence-electron chi connectivity index (χ4n) is 6.03. The second-order valence-corrected chi connectivity index (χ2v) is 16.0. The minimum atomic E-state index is -1.87. The number of hydrogen-bond acceptors (Lipinski definition) is 13. The molecule has 0 spiro atoms. The molecule has 0 saturated carbocycles. The Bertz CT molecular complexity index is 1910. The maximum atomic E-state index is 14.0. The minimum Gasteiger partial charge on any atom is -0.481 e. The van der Waals surface area contributed by atoms with Gasteiger partial charge < -0.3 is 68.5 Å². The van der Waals surface area contributed by atoms with E-state index in [0.717, 1.165) is 0 Å². The Morgan fingerprint density at radius 3 is 1.44 bits per heavy atom. The fourth-order valence-corrected chi connectivity index (χ4v) is 6.03. The van der Waals surface area contributed by atoms with Gasteiger partial charge in [-0.05, 0) is 43.1 Å². The highest BCUT2D eigenvalue weighted by Crippen LogP contribution is 2.11. The van der Waals surface area contributed by atoms with Crippen LogP contribution in [0.25, 0.3) is 0 Å². The van der Waals surface area contributed by atoms with E-state index in [0.29, 0.717) is 5.56 Å². The summed E-state index contributed by atoms with van der Waals surface area (Å²) in [7, 11) is 0. The minimum absolute atomic E-state index is 0.0483. The summed E-state index contributed by atoms with van der Waals surface area (Å²) >= 11 is 0. The summed E-state index contributed by atoms with van der Waals surface area (Å²) < 4.78 is 0. The molecule has 25 nitrogen and oxygen atoms in total. The predicted octanol–water partition coefficient (Wildman–Crippen LogP) is -2.56. The molecule has 0 aliphatic carbocycles. The lowest BCUT2D eigenvalue weighted by atomic mass is 9.99. The summed E-state index contributed by atoms with van der Waals surface area (Å²) in [5.74, 6) is -15.3. The molecule has 0 aliphatic heterocycles. The van der Waals surface area contributed by atoms with Crippen LogP contribution in [0.2, 0.25) is 0 Å². The molecule has 1 rings (SSSR count). The van der Waals surface area contributed by atoms with Gasteiger partial charge in [0, 0.05) is 25.7 Å². The molecule has 14 N–H and O–H groups in total. The molecular formula is C41H60N8O17. The first-order valence-electron chi connectivity index (χ1n) is 20.8. The van der Waals surface area contributed by atoms with E-state index in [4.69, 9.17) is 10.8 Å². The molecule has 0 bridgehead atoms. The first-order valence-corrected chi connectivity index (χ1v) is 20.8. The van der Waals surface area contributed by atoms with Crippen LogP contribution in [0, 0.1) is 11.8 Å². The Kier molecular flexibility index (Phi) is 24.6. The van der Waals surface area contributed by atoms with Crippen LogP contribution in [0.5, 0.6) is 0 Å². The van der Waals surface area contributed by atoms with Crippen LogP contribution in [0.1, 0.15) is 84.6 Å². The number of carboxylic acids is 5. The maximum Gasteiger partial charge on any atom is 0.326 e. The Morgan fingerprint density at radius 2 is 0.970 bits per heavy atom. The van der Waals surface area contributed by atoms with Crippen LogP contribution in [0.15, 0.2) is 30.3 Å². The highest BCUT2D eigenvalue weighted by molar-refractivity contribution is 5.98. The molecule has 0 radical (unpaired) electrons. The molecule has 0 aliphatic rings. The highest BCUT2D eigenvalue weighted by Gasteiger charge is 2.35. The number of carboxylic acid groups (broad SMARTS) is 5. The standard InChI is InChI=1S/C41H60N8O17/c1-20(2)16-28(41(65)66)48-40(64)34(21(3)4)49-37(61)25(12-15-32(55)56)45-36(60)24(11-14-31(53)54)46-38(62)26(17-22-8-6-5-7-9-22)47-39(63)27(18-33(57)58)44-29(50)19-43-35(59)23(42)10-13-30(51)52/h5-9,20-21,23-28,34H,10-19,42H2,1-4H3,(H,43,59)(H,44,50)(H,45,60)(H,46,62)(H,47,63)(H,48,64)(H,49,61)(H,51,52)(H,53,54)(H,55,56)(H,57,58)(H,65,66)/t23-,24-,25-,26-,27-,28-,34-/m0/s1. The molecule has 0 saturated heterocycles. The lowest BCUT2D eigenvalue weighted by Crippen LogP contribution is -2.60. The summed E-state index contributed by atoms with van der Waals surface area (Å²) in [4.78, 5) is 151. The molecular weight excluding hydrogens is 876 g/mol. The van der Waals surface area contributed by atoms with Crippen molar-refractivity contribution in [3.63, 3.8) is 0 Å². The van der Waals surface area contributed by atoms with Gasteiger partial charge in [-0.1, -0.05) is 58.0 Å². The average Bonchev–Trinajstić information content (AvgIpc) is 3.22. The average molecular weight is 937 g/mol. The third-order valence-corrected chi connectivity index (χ3v) is 9.50. The first kappa shape index (κ1) is 56.8. The van der Waals surface area contributed by atoms with Crippen molar-refractivity contribution in [3.05, 3.63) is 35.9 Å². The van der Waals surface area contributed by atoms with E-state index < -0.39 is 164 Å². The maximum absolute atomic E-state index is 14.0.